The van der Waals surface area contributed by atoms with Crippen LogP contribution in [0.25, 0.3) is 0 Å². The van der Waals surface area contributed by atoms with Gasteiger partial charge in [-0.15, -0.1) is 0 Å². The van der Waals surface area contributed by atoms with Crippen LogP contribution in [-0.2, 0) is 4.79 Å². The largest absolute Gasteiger partial charge is 0.497 e. The molecule has 1 heterocycles. The normalized spacial score (nSPS) is 15.2. The minimum atomic E-state index is -0.0638. The summed E-state index contributed by atoms with van der Waals surface area (Å²) in [6, 6.07) is 5.17. The zero-order valence-electron chi connectivity index (χ0n) is 14.9. The molecule has 2 rings (SSSR count). The molecule has 24 heavy (non-hydrogen) atoms. The number of amides is 2. The minimum absolute atomic E-state index is 0.0186. The number of carbonyl (C=O) groups excluding carboxylic acids is 2. The first kappa shape index (κ1) is 18.1. The summed E-state index contributed by atoms with van der Waals surface area (Å²) in [5, 5.41) is 0. The molecule has 0 radical (unpaired) electrons. The molecule has 1 aromatic carbocycles. The summed E-state index contributed by atoms with van der Waals surface area (Å²) in [6.07, 6.45) is 0.783. The first-order valence-corrected chi connectivity index (χ1v) is 8.27. The Kier molecular flexibility index (Phi) is 6.06. The summed E-state index contributed by atoms with van der Waals surface area (Å²) in [7, 11) is 3.12. The maximum atomic E-state index is 12.8. The third-order valence-corrected chi connectivity index (χ3v) is 4.19. The first-order chi connectivity index (χ1) is 11.5. The Morgan fingerprint density at radius 1 is 0.917 bits per heavy atom. The second-order valence-electron chi connectivity index (χ2n) is 6.23. The van der Waals surface area contributed by atoms with Crippen LogP contribution in [0.2, 0.25) is 0 Å². The molecule has 1 aliphatic rings. The molecule has 0 saturated carbocycles. The van der Waals surface area contributed by atoms with Crippen LogP contribution in [0.15, 0.2) is 18.2 Å². The van der Waals surface area contributed by atoms with Crippen LogP contribution in [0.5, 0.6) is 11.5 Å². The zero-order valence-corrected chi connectivity index (χ0v) is 14.9. The van der Waals surface area contributed by atoms with Gasteiger partial charge in [0, 0.05) is 43.7 Å². The second-order valence-corrected chi connectivity index (χ2v) is 6.23. The second kappa shape index (κ2) is 8.04. The number of hydrogen-bond acceptors (Lipinski definition) is 4. The highest BCUT2D eigenvalue weighted by Crippen LogP contribution is 2.24. The molecule has 0 spiro atoms. The molecule has 0 atom stereocenters. The van der Waals surface area contributed by atoms with Crippen LogP contribution in [0.4, 0.5) is 0 Å². The molecule has 2 amide bonds. The van der Waals surface area contributed by atoms with Gasteiger partial charge in [-0.1, -0.05) is 13.8 Å². The Labute approximate surface area is 143 Å². The predicted molar refractivity (Wildman–Crippen MR) is 91.5 cm³/mol. The fourth-order valence-electron chi connectivity index (χ4n) is 2.82. The van der Waals surface area contributed by atoms with Crippen molar-refractivity contribution in [1.82, 2.24) is 9.80 Å². The molecule has 0 bridgehead atoms. The van der Waals surface area contributed by atoms with Crippen molar-refractivity contribution in [3.05, 3.63) is 23.8 Å². The minimum Gasteiger partial charge on any atom is -0.497 e. The maximum absolute atomic E-state index is 12.8. The molecule has 6 nitrogen and oxygen atoms in total. The molecule has 1 aliphatic heterocycles. The van der Waals surface area contributed by atoms with Gasteiger partial charge in [-0.25, -0.2) is 0 Å². The van der Waals surface area contributed by atoms with Crippen LogP contribution in [0, 0.1) is 5.92 Å². The summed E-state index contributed by atoms with van der Waals surface area (Å²) in [5.41, 5.74) is 0.537. The lowest BCUT2D eigenvalue weighted by Gasteiger charge is -2.23. The van der Waals surface area contributed by atoms with E-state index >= 15 is 0 Å². The van der Waals surface area contributed by atoms with Crippen molar-refractivity contribution < 1.29 is 19.1 Å². The first-order valence-electron chi connectivity index (χ1n) is 8.27. The number of hydrogen-bond donors (Lipinski definition) is 0. The summed E-state index contributed by atoms with van der Waals surface area (Å²) in [4.78, 5) is 28.6. The molecule has 1 aromatic rings. The molecule has 1 fully saturated rings. The van der Waals surface area contributed by atoms with Crippen molar-refractivity contribution in [3.8, 4) is 11.5 Å². The molecular weight excluding hydrogens is 308 g/mol. The van der Waals surface area contributed by atoms with Gasteiger partial charge in [0.25, 0.3) is 5.91 Å². The lowest BCUT2D eigenvalue weighted by Crippen LogP contribution is -2.39. The van der Waals surface area contributed by atoms with E-state index in [-0.39, 0.29) is 17.7 Å². The topological polar surface area (TPSA) is 59.1 Å². The molecule has 1 saturated heterocycles. The summed E-state index contributed by atoms with van der Waals surface area (Å²) < 4.78 is 10.5. The SMILES string of the molecule is COc1cc(OC)cc(C(=O)N2CCCN(C(=O)C(C)C)CC2)c1. The van der Waals surface area contributed by atoms with Gasteiger partial charge in [-0.2, -0.15) is 0 Å². The van der Waals surface area contributed by atoms with Crippen molar-refractivity contribution in [2.75, 3.05) is 40.4 Å². The van der Waals surface area contributed by atoms with E-state index in [9.17, 15) is 9.59 Å². The highest BCUT2D eigenvalue weighted by Gasteiger charge is 2.24. The lowest BCUT2D eigenvalue weighted by molar-refractivity contribution is -0.134. The fourth-order valence-corrected chi connectivity index (χ4v) is 2.82. The van der Waals surface area contributed by atoms with Crippen molar-refractivity contribution in [2.24, 2.45) is 5.92 Å². The Balaban J connectivity index is 2.11. The molecule has 0 aromatic heterocycles. The molecule has 6 heteroatoms. The van der Waals surface area contributed by atoms with Crippen molar-refractivity contribution in [2.45, 2.75) is 20.3 Å². The van der Waals surface area contributed by atoms with E-state index in [1.165, 1.54) is 0 Å². The average Bonchev–Trinajstić information content (AvgIpc) is 2.85. The third kappa shape index (κ3) is 4.19. The highest BCUT2D eigenvalue weighted by atomic mass is 16.5. The Morgan fingerprint density at radius 2 is 1.46 bits per heavy atom. The maximum Gasteiger partial charge on any atom is 0.254 e. The molecule has 0 unspecified atom stereocenters. The lowest BCUT2D eigenvalue weighted by atomic mass is 10.1. The van der Waals surface area contributed by atoms with Gasteiger partial charge in [-0.05, 0) is 18.6 Å². The monoisotopic (exact) mass is 334 g/mol. The molecule has 0 aliphatic carbocycles. The van der Waals surface area contributed by atoms with E-state index in [0.29, 0.717) is 43.2 Å². The van der Waals surface area contributed by atoms with Gasteiger partial charge >= 0.3 is 0 Å². The van der Waals surface area contributed by atoms with E-state index in [2.05, 4.69) is 0 Å². The van der Waals surface area contributed by atoms with Crippen molar-refractivity contribution in [1.29, 1.82) is 0 Å². The predicted octanol–water partition coefficient (Wildman–Crippen LogP) is 2.03. The van der Waals surface area contributed by atoms with Gasteiger partial charge in [0.05, 0.1) is 14.2 Å². The Bertz CT molecular complexity index is 578. The molecule has 0 N–H and O–H groups in total. The highest BCUT2D eigenvalue weighted by molar-refractivity contribution is 5.95. The van der Waals surface area contributed by atoms with Crippen LogP contribution in [-0.4, -0.2) is 62.0 Å². The number of nitrogens with zero attached hydrogens (tertiary/aromatic N) is 2. The van der Waals surface area contributed by atoms with Crippen LogP contribution < -0.4 is 9.47 Å². The van der Waals surface area contributed by atoms with Crippen molar-refractivity contribution in [3.63, 3.8) is 0 Å². The zero-order chi connectivity index (χ0) is 17.7. The number of ether oxygens (including phenoxy) is 2. The molecular formula is C18H26N2O4. The smallest absolute Gasteiger partial charge is 0.254 e. The Morgan fingerprint density at radius 3 is 2.00 bits per heavy atom. The number of carbonyl (C=O) groups is 2. The standard InChI is InChI=1S/C18H26N2O4/c1-13(2)17(21)19-6-5-7-20(9-8-19)18(22)14-10-15(23-3)12-16(11-14)24-4/h10-13H,5-9H2,1-4H3. The summed E-state index contributed by atoms with van der Waals surface area (Å²) >= 11 is 0. The number of benzene rings is 1. The number of rotatable bonds is 4. The van der Waals surface area contributed by atoms with Gasteiger partial charge < -0.3 is 19.3 Å². The van der Waals surface area contributed by atoms with E-state index in [0.717, 1.165) is 6.42 Å². The van der Waals surface area contributed by atoms with Gasteiger partial charge in [-0.3, -0.25) is 9.59 Å². The summed E-state index contributed by atoms with van der Waals surface area (Å²) in [6.45, 7) is 6.25. The van der Waals surface area contributed by atoms with Crippen LogP contribution in [0.1, 0.15) is 30.6 Å². The van der Waals surface area contributed by atoms with Gasteiger partial charge in [0.2, 0.25) is 5.91 Å². The van der Waals surface area contributed by atoms with Crippen LogP contribution >= 0.6 is 0 Å². The Hall–Kier alpha value is -2.24. The molecule has 132 valence electrons. The quantitative estimate of drug-likeness (QED) is 0.845. The van der Waals surface area contributed by atoms with Gasteiger partial charge in [0.15, 0.2) is 0 Å². The average molecular weight is 334 g/mol. The van der Waals surface area contributed by atoms with Crippen LogP contribution in [0.3, 0.4) is 0 Å². The summed E-state index contributed by atoms with van der Waals surface area (Å²) in [5.74, 6) is 1.24. The van der Waals surface area contributed by atoms with E-state index in [1.807, 2.05) is 18.7 Å². The van der Waals surface area contributed by atoms with Gasteiger partial charge in [0.1, 0.15) is 11.5 Å². The van der Waals surface area contributed by atoms with Crippen molar-refractivity contribution >= 4 is 11.8 Å². The van der Waals surface area contributed by atoms with E-state index in [1.54, 1.807) is 37.3 Å². The van der Waals surface area contributed by atoms with E-state index < -0.39 is 0 Å². The number of methoxy groups -OCH3 is 2. The third-order valence-electron chi connectivity index (χ3n) is 4.19. The fraction of sp³-hybridized carbons (Fsp3) is 0.556. The van der Waals surface area contributed by atoms with E-state index in [4.69, 9.17) is 9.47 Å².